The van der Waals surface area contributed by atoms with Crippen LogP contribution in [0.3, 0.4) is 0 Å². The number of benzene rings is 1. The van der Waals surface area contributed by atoms with E-state index in [1.165, 1.54) is 49.9 Å². The molecule has 0 radical (unpaired) electrons. The molecule has 1 N–H and O–H groups in total. The third kappa shape index (κ3) is 4.07. The first-order chi connectivity index (χ1) is 9.61. The van der Waals surface area contributed by atoms with E-state index in [0.717, 1.165) is 19.1 Å². The van der Waals surface area contributed by atoms with E-state index in [9.17, 15) is 0 Å². The van der Waals surface area contributed by atoms with Crippen molar-refractivity contribution in [3.63, 3.8) is 0 Å². The summed E-state index contributed by atoms with van der Waals surface area (Å²) in [4.78, 5) is 2.60. The molecule has 0 aromatic heterocycles. The van der Waals surface area contributed by atoms with Crippen LogP contribution in [0.1, 0.15) is 50.7 Å². The zero-order valence-electron chi connectivity index (χ0n) is 13.0. The molecule has 1 aromatic rings. The van der Waals surface area contributed by atoms with E-state index >= 15 is 0 Å². The molecule has 0 unspecified atom stereocenters. The Labute approximate surface area is 123 Å². The van der Waals surface area contributed by atoms with Crippen molar-refractivity contribution in [2.45, 2.75) is 58.7 Å². The molecule has 0 atom stereocenters. The Hall–Kier alpha value is -0.860. The average molecular weight is 272 g/mol. The molecule has 2 heteroatoms. The van der Waals surface area contributed by atoms with Gasteiger partial charge >= 0.3 is 0 Å². The molecule has 1 saturated heterocycles. The fourth-order valence-electron chi connectivity index (χ4n) is 2.89. The molecule has 1 aliphatic heterocycles. The molecular weight excluding hydrogens is 244 g/mol. The zero-order chi connectivity index (χ0) is 14.0. The standard InChI is InChI=1S/C18H28N2/c1-18(2)9-11-20(12-10-18)14-16-5-3-15(4-6-16)13-19-17-7-8-17/h3-6,17,19H,7-14H2,1-2H3. The third-order valence-electron chi connectivity index (χ3n) is 4.81. The summed E-state index contributed by atoms with van der Waals surface area (Å²) in [5, 5.41) is 3.57. The van der Waals surface area contributed by atoms with Crippen LogP contribution in [0.25, 0.3) is 0 Å². The highest BCUT2D eigenvalue weighted by Gasteiger charge is 2.25. The second-order valence-corrected chi connectivity index (χ2v) is 7.41. The van der Waals surface area contributed by atoms with Gasteiger partial charge in [-0.3, -0.25) is 4.90 Å². The van der Waals surface area contributed by atoms with Crippen LogP contribution in [0, 0.1) is 5.41 Å². The van der Waals surface area contributed by atoms with Crippen molar-refractivity contribution in [2.24, 2.45) is 5.41 Å². The van der Waals surface area contributed by atoms with E-state index in [4.69, 9.17) is 0 Å². The maximum absolute atomic E-state index is 3.57. The van der Waals surface area contributed by atoms with E-state index in [2.05, 4.69) is 48.3 Å². The van der Waals surface area contributed by atoms with Gasteiger partial charge in [0.15, 0.2) is 0 Å². The monoisotopic (exact) mass is 272 g/mol. The molecule has 2 aliphatic rings. The third-order valence-corrected chi connectivity index (χ3v) is 4.81. The van der Waals surface area contributed by atoms with Crippen LogP contribution in [-0.2, 0) is 13.1 Å². The molecule has 110 valence electrons. The molecule has 2 fully saturated rings. The van der Waals surface area contributed by atoms with Crippen molar-refractivity contribution in [2.75, 3.05) is 13.1 Å². The van der Waals surface area contributed by atoms with Crippen molar-refractivity contribution in [3.05, 3.63) is 35.4 Å². The summed E-state index contributed by atoms with van der Waals surface area (Å²) in [7, 11) is 0. The number of rotatable bonds is 5. The number of nitrogens with zero attached hydrogens (tertiary/aromatic N) is 1. The molecule has 1 saturated carbocycles. The lowest BCUT2D eigenvalue weighted by Gasteiger charge is -2.36. The van der Waals surface area contributed by atoms with Gasteiger partial charge in [-0.25, -0.2) is 0 Å². The van der Waals surface area contributed by atoms with Crippen molar-refractivity contribution in [1.82, 2.24) is 10.2 Å². The number of piperidine rings is 1. The van der Waals surface area contributed by atoms with Gasteiger partial charge < -0.3 is 5.32 Å². The van der Waals surface area contributed by atoms with Crippen LogP contribution in [-0.4, -0.2) is 24.0 Å². The highest BCUT2D eigenvalue weighted by molar-refractivity contribution is 5.22. The summed E-state index contributed by atoms with van der Waals surface area (Å²) in [6, 6.07) is 10.00. The Kier molecular flexibility index (Phi) is 4.13. The van der Waals surface area contributed by atoms with Gasteiger partial charge in [0.25, 0.3) is 0 Å². The van der Waals surface area contributed by atoms with Crippen LogP contribution in [0.2, 0.25) is 0 Å². The van der Waals surface area contributed by atoms with Crippen molar-refractivity contribution in [1.29, 1.82) is 0 Å². The molecule has 2 nitrogen and oxygen atoms in total. The summed E-state index contributed by atoms with van der Waals surface area (Å²) in [5.74, 6) is 0. The first-order valence-electron chi connectivity index (χ1n) is 8.14. The quantitative estimate of drug-likeness (QED) is 0.881. The van der Waals surface area contributed by atoms with Gasteiger partial charge in [0.05, 0.1) is 0 Å². The molecule has 20 heavy (non-hydrogen) atoms. The van der Waals surface area contributed by atoms with Gasteiger partial charge in [-0.2, -0.15) is 0 Å². The number of hydrogen-bond donors (Lipinski definition) is 1. The van der Waals surface area contributed by atoms with Gasteiger partial charge in [0, 0.05) is 19.1 Å². The minimum absolute atomic E-state index is 0.550. The topological polar surface area (TPSA) is 15.3 Å². The van der Waals surface area contributed by atoms with Crippen LogP contribution in [0.5, 0.6) is 0 Å². The Morgan fingerprint density at radius 2 is 1.65 bits per heavy atom. The number of hydrogen-bond acceptors (Lipinski definition) is 2. The first-order valence-corrected chi connectivity index (χ1v) is 8.14. The van der Waals surface area contributed by atoms with E-state index < -0.39 is 0 Å². The fraction of sp³-hybridized carbons (Fsp3) is 0.667. The SMILES string of the molecule is CC1(C)CCN(Cc2ccc(CNC3CC3)cc2)CC1. The van der Waals surface area contributed by atoms with E-state index in [1.54, 1.807) is 0 Å². The Morgan fingerprint density at radius 3 is 2.25 bits per heavy atom. The Balaban J connectivity index is 1.47. The van der Waals surface area contributed by atoms with Crippen LogP contribution in [0.15, 0.2) is 24.3 Å². The highest BCUT2D eigenvalue weighted by atomic mass is 15.1. The maximum atomic E-state index is 3.57. The van der Waals surface area contributed by atoms with Crippen LogP contribution >= 0.6 is 0 Å². The lowest BCUT2D eigenvalue weighted by Crippen LogP contribution is -2.36. The predicted molar refractivity (Wildman–Crippen MR) is 84.6 cm³/mol. The van der Waals surface area contributed by atoms with Gasteiger partial charge in [-0.1, -0.05) is 38.1 Å². The molecule has 3 rings (SSSR count). The molecule has 0 bridgehead atoms. The average Bonchev–Trinajstić information content (AvgIpc) is 3.25. The highest BCUT2D eigenvalue weighted by Crippen LogP contribution is 2.30. The number of nitrogens with one attached hydrogen (secondary N) is 1. The van der Waals surface area contributed by atoms with Gasteiger partial charge in [0.1, 0.15) is 0 Å². The van der Waals surface area contributed by atoms with Crippen molar-refractivity contribution in [3.8, 4) is 0 Å². The Bertz CT molecular complexity index is 421. The summed E-state index contributed by atoms with van der Waals surface area (Å²) in [6.07, 6.45) is 5.39. The van der Waals surface area contributed by atoms with Gasteiger partial charge in [0.2, 0.25) is 0 Å². The maximum Gasteiger partial charge on any atom is 0.0233 e. The summed E-state index contributed by atoms with van der Waals surface area (Å²) >= 11 is 0. The second kappa shape index (κ2) is 5.87. The van der Waals surface area contributed by atoms with Crippen molar-refractivity contribution < 1.29 is 0 Å². The second-order valence-electron chi connectivity index (χ2n) is 7.41. The summed E-state index contributed by atoms with van der Waals surface area (Å²) in [5.41, 5.74) is 3.43. The lowest BCUT2D eigenvalue weighted by atomic mass is 9.82. The summed E-state index contributed by atoms with van der Waals surface area (Å²) < 4.78 is 0. The van der Waals surface area contributed by atoms with Crippen LogP contribution in [0.4, 0.5) is 0 Å². The number of likely N-dealkylation sites (tertiary alicyclic amines) is 1. The molecule has 0 amide bonds. The van der Waals surface area contributed by atoms with E-state index in [0.29, 0.717) is 5.41 Å². The molecule has 1 heterocycles. The Morgan fingerprint density at radius 1 is 1.05 bits per heavy atom. The first kappa shape index (κ1) is 14.1. The van der Waals surface area contributed by atoms with Crippen molar-refractivity contribution >= 4 is 0 Å². The van der Waals surface area contributed by atoms with Crippen LogP contribution < -0.4 is 5.32 Å². The zero-order valence-corrected chi connectivity index (χ0v) is 13.0. The lowest BCUT2D eigenvalue weighted by molar-refractivity contribution is 0.127. The summed E-state index contributed by atoms with van der Waals surface area (Å²) in [6.45, 7) is 9.43. The minimum atomic E-state index is 0.550. The normalized spacial score (nSPS) is 22.9. The van der Waals surface area contributed by atoms with E-state index in [1.807, 2.05) is 0 Å². The molecule has 0 spiro atoms. The largest absolute Gasteiger partial charge is 0.310 e. The smallest absolute Gasteiger partial charge is 0.0233 e. The molecular formula is C18H28N2. The molecule has 1 aromatic carbocycles. The minimum Gasteiger partial charge on any atom is -0.310 e. The molecule has 1 aliphatic carbocycles. The van der Waals surface area contributed by atoms with Gasteiger partial charge in [-0.05, 0) is 55.3 Å². The fourth-order valence-corrected chi connectivity index (χ4v) is 2.89. The van der Waals surface area contributed by atoms with E-state index in [-0.39, 0.29) is 0 Å². The van der Waals surface area contributed by atoms with Gasteiger partial charge in [-0.15, -0.1) is 0 Å². The predicted octanol–water partition coefficient (Wildman–Crippen LogP) is 3.56.